The summed E-state index contributed by atoms with van der Waals surface area (Å²) in [7, 11) is 0. The largest absolute Gasteiger partial charge is 0.381 e. The lowest BCUT2D eigenvalue weighted by atomic mass is 9.86. The molecule has 1 aliphatic rings. The van der Waals surface area contributed by atoms with Crippen molar-refractivity contribution in [2.24, 2.45) is 0 Å². The Morgan fingerprint density at radius 2 is 1.96 bits per heavy atom. The van der Waals surface area contributed by atoms with E-state index in [0.29, 0.717) is 11.7 Å². The van der Waals surface area contributed by atoms with Crippen LogP contribution >= 0.6 is 0 Å². The zero-order valence-electron chi connectivity index (χ0n) is 14.2. The molecule has 1 heterocycles. The van der Waals surface area contributed by atoms with Gasteiger partial charge in [0.1, 0.15) is 5.56 Å². The molecule has 1 aromatic carbocycles. The number of ketones is 1. The van der Waals surface area contributed by atoms with Crippen LogP contribution in [0.5, 0.6) is 0 Å². The van der Waals surface area contributed by atoms with Crippen molar-refractivity contribution in [3.63, 3.8) is 0 Å². The summed E-state index contributed by atoms with van der Waals surface area (Å²) in [5.41, 5.74) is 2.58. The van der Waals surface area contributed by atoms with Gasteiger partial charge < -0.3 is 10.3 Å². The minimum absolute atomic E-state index is 0.00584. The Morgan fingerprint density at radius 3 is 2.48 bits per heavy atom. The van der Waals surface area contributed by atoms with Gasteiger partial charge in [-0.05, 0) is 43.2 Å². The minimum atomic E-state index is -0.308. The zero-order chi connectivity index (χ0) is 16.8. The smallest absolute Gasteiger partial charge is 0.261 e. The molecule has 0 amide bonds. The summed E-state index contributed by atoms with van der Waals surface area (Å²) in [6.45, 7) is 7.88. The van der Waals surface area contributed by atoms with Crippen LogP contribution in [-0.4, -0.2) is 16.8 Å². The van der Waals surface area contributed by atoms with Crippen LogP contribution in [0.25, 0.3) is 10.9 Å². The van der Waals surface area contributed by atoms with E-state index in [1.54, 1.807) is 0 Å². The second-order valence-corrected chi connectivity index (χ2v) is 7.54. The first-order chi connectivity index (χ1) is 10.8. The maximum absolute atomic E-state index is 12.4. The SMILES string of the molecule is CC(=O)c1c(NC2CCC2)c2ccc(C(C)(C)C)cc2[nH]c1=O. The molecule has 122 valence electrons. The molecule has 1 fully saturated rings. The molecule has 0 atom stereocenters. The molecule has 0 bridgehead atoms. The van der Waals surface area contributed by atoms with Crippen molar-refractivity contribution in [2.75, 3.05) is 5.32 Å². The Labute approximate surface area is 136 Å². The van der Waals surface area contributed by atoms with Crippen molar-refractivity contribution in [3.8, 4) is 0 Å². The topological polar surface area (TPSA) is 62.0 Å². The Balaban J connectivity index is 2.23. The number of rotatable bonds is 3. The Morgan fingerprint density at radius 1 is 1.26 bits per heavy atom. The van der Waals surface area contributed by atoms with Crippen LogP contribution in [0, 0.1) is 0 Å². The fourth-order valence-corrected chi connectivity index (χ4v) is 3.01. The molecule has 1 aliphatic carbocycles. The Kier molecular flexibility index (Phi) is 3.78. The summed E-state index contributed by atoms with van der Waals surface area (Å²) < 4.78 is 0. The second kappa shape index (κ2) is 5.52. The number of H-pyrrole nitrogens is 1. The van der Waals surface area contributed by atoms with E-state index in [9.17, 15) is 9.59 Å². The van der Waals surface area contributed by atoms with Crippen molar-refractivity contribution in [2.45, 2.75) is 58.4 Å². The third-order valence-electron chi connectivity index (χ3n) is 4.69. The molecule has 0 radical (unpaired) electrons. The predicted octanol–water partition coefficient (Wildman–Crippen LogP) is 3.99. The van der Waals surface area contributed by atoms with Crippen molar-refractivity contribution in [1.82, 2.24) is 4.98 Å². The average molecular weight is 312 g/mol. The van der Waals surface area contributed by atoms with Crippen LogP contribution in [0.3, 0.4) is 0 Å². The second-order valence-electron chi connectivity index (χ2n) is 7.54. The lowest BCUT2D eigenvalue weighted by Gasteiger charge is -2.29. The van der Waals surface area contributed by atoms with Gasteiger partial charge in [0.15, 0.2) is 5.78 Å². The average Bonchev–Trinajstić information content (AvgIpc) is 2.39. The van der Waals surface area contributed by atoms with E-state index < -0.39 is 0 Å². The van der Waals surface area contributed by atoms with Crippen LogP contribution in [0.2, 0.25) is 0 Å². The molecule has 2 aromatic rings. The van der Waals surface area contributed by atoms with Gasteiger partial charge in [-0.15, -0.1) is 0 Å². The van der Waals surface area contributed by atoms with Crippen LogP contribution in [0.4, 0.5) is 5.69 Å². The van der Waals surface area contributed by atoms with E-state index in [4.69, 9.17) is 0 Å². The number of carbonyl (C=O) groups is 1. The van der Waals surface area contributed by atoms with E-state index in [1.165, 1.54) is 13.3 Å². The highest BCUT2D eigenvalue weighted by molar-refractivity contribution is 6.07. The molecule has 3 rings (SSSR count). The van der Waals surface area contributed by atoms with Crippen LogP contribution in [0.1, 0.15) is 62.9 Å². The number of aromatic amines is 1. The summed E-state index contributed by atoms with van der Waals surface area (Å²) in [6.07, 6.45) is 3.37. The lowest BCUT2D eigenvalue weighted by Crippen LogP contribution is -2.30. The van der Waals surface area contributed by atoms with Crippen LogP contribution in [-0.2, 0) is 5.41 Å². The molecule has 0 unspecified atom stereocenters. The first-order valence-electron chi connectivity index (χ1n) is 8.25. The van der Waals surface area contributed by atoms with Gasteiger partial charge >= 0.3 is 0 Å². The van der Waals surface area contributed by atoms with Gasteiger partial charge in [-0.1, -0.05) is 32.9 Å². The molecule has 23 heavy (non-hydrogen) atoms. The number of Topliss-reactive ketones (excluding diaryl/α,β-unsaturated/α-hetero) is 1. The van der Waals surface area contributed by atoms with E-state index in [0.717, 1.165) is 29.3 Å². The highest BCUT2D eigenvalue weighted by Crippen LogP contribution is 2.32. The van der Waals surface area contributed by atoms with Crippen molar-refractivity contribution >= 4 is 22.4 Å². The van der Waals surface area contributed by atoms with Crippen molar-refractivity contribution < 1.29 is 4.79 Å². The number of fused-ring (bicyclic) bond motifs is 1. The van der Waals surface area contributed by atoms with Gasteiger partial charge in [0, 0.05) is 11.4 Å². The number of pyridine rings is 1. The fraction of sp³-hybridized carbons (Fsp3) is 0.474. The summed E-state index contributed by atoms with van der Waals surface area (Å²) in [6, 6.07) is 6.47. The number of nitrogens with one attached hydrogen (secondary N) is 2. The van der Waals surface area contributed by atoms with Crippen LogP contribution in [0.15, 0.2) is 23.0 Å². The van der Waals surface area contributed by atoms with Crippen LogP contribution < -0.4 is 10.9 Å². The van der Waals surface area contributed by atoms with Gasteiger partial charge in [-0.2, -0.15) is 0 Å². The number of hydrogen-bond donors (Lipinski definition) is 2. The molecule has 2 N–H and O–H groups in total. The molecule has 4 heteroatoms. The number of benzene rings is 1. The minimum Gasteiger partial charge on any atom is -0.381 e. The van der Waals surface area contributed by atoms with Gasteiger partial charge in [0.25, 0.3) is 5.56 Å². The van der Waals surface area contributed by atoms with Crippen molar-refractivity contribution in [1.29, 1.82) is 0 Å². The first-order valence-corrected chi connectivity index (χ1v) is 8.25. The highest BCUT2D eigenvalue weighted by atomic mass is 16.1. The number of carbonyl (C=O) groups excluding carboxylic acids is 1. The zero-order valence-corrected chi connectivity index (χ0v) is 14.2. The molecule has 0 aliphatic heterocycles. The van der Waals surface area contributed by atoms with E-state index >= 15 is 0 Å². The molecule has 1 aromatic heterocycles. The number of anilines is 1. The number of hydrogen-bond acceptors (Lipinski definition) is 3. The molecular formula is C19H24N2O2. The van der Waals surface area contributed by atoms with Gasteiger partial charge in [-0.3, -0.25) is 9.59 Å². The first kappa shape index (κ1) is 15.8. The number of aromatic nitrogens is 1. The maximum atomic E-state index is 12.4. The Hall–Kier alpha value is -2.10. The monoisotopic (exact) mass is 312 g/mol. The highest BCUT2D eigenvalue weighted by Gasteiger charge is 2.23. The van der Waals surface area contributed by atoms with E-state index in [2.05, 4.69) is 37.1 Å². The third kappa shape index (κ3) is 2.90. The lowest BCUT2D eigenvalue weighted by molar-refractivity contribution is 0.101. The molecule has 4 nitrogen and oxygen atoms in total. The summed E-state index contributed by atoms with van der Waals surface area (Å²) in [5.74, 6) is -0.199. The fourth-order valence-electron chi connectivity index (χ4n) is 3.01. The molecule has 1 saturated carbocycles. The van der Waals surface area contributed by atoms with Gasteiger partial charge in [-0.25, -0.2) is 0 Å². The standard InChI is InChI=1S/C19H24N2O2/c1-11(22)16-17(20-13-6-5-7-13)14-9-8-12(19(2,3)4)10-15(14)21-18(16)23/h8-10,13H,5-7H2,1-4H3,(H2,20,21,23). The van der Waals surface area contributed by atoms with E-state index in [-0.39, 0.29) is 22.3 Å². The maximum Gasteiger partial charge on any atom is 0.261 e. The van der Waals surface area contributed by atoms with Crippen molar-refractivity contribution in [3.05, 3.63) is 39.7 Å². The summed E-state index contributed by atoms with van der Waals surface area (Å²) >= 11 is 0. The summed E-state index contributed by atoms with van der Waals surface area (Å²) in [4.78, 5) is 27.3. The predicted molar refractivity (Wildman–Crippen MR) is 94.5 cm³/mol. The summed E-state index contributed by atoms with van der Waals surface area (Å²) in [5, 5.41) is 4.34. The molecule has 0 spiro atoms. The van der Waals surface area contributed by atoms with Gasteiger partial charge in [0.05, 0.1) is 11.2 Å². The normalized spacial score (nSPS) is 15.5. The quantitative estimate of drug-likeness (QED) is 0.842. The third-order valence-corrected chi connectivity index (χ3v) is 4.69. The van der Waals surface area contributed by atoms with E-state index in [1.807, 2.05) is 12.1 Å². The Bertz CT molecular complexity index is 824. The molecular weight excluding hydrogens is 288 g/mol. The molecule has 0 saturated heterocycles. The van der Waals surface area contributed by atoms with Gasteiger partial charge in [0.2, 0.25) is 0 Å².